The fraction of sp³-hybridized carbons (Fsp3) is 0.533. The van der Waals surface area contributed by atoms with Crippen LogP contribution in [0.3, 0.4) is 0 Å². The van der Waals surface area contributed by atoms with Crippen molar-refractivity contribution in [3.8, 4) is 6.01 Å². The van der Waals surface area contributed by atoms with Crippen molar-refractivity contribution in [2.24, 2.45) is 0 Å². The fourth-order valence-corrected chi connectivity index (χ4v) is 2.83. The van der Waals surface area contributed by atoms with Gasteiger partial charge in [-0.15, -0.1) is 0 Å². The van der Waals surface area contributed by atoms with Gasteiger partial charge >= 0.3 is 12.0 Å². The number of piperidine rings is 1. The van der Waals surface area contributed by atoms with E-state index in [1.807, 2.05) is 0 Å². The van der Waals surface area contributed by atoms with Gasteiger partial charge in [0.1, 0.15) is 12.1 Å². The van der Waals surface area contributed by atoms with Gasteiger partial charge in [-0.1, -0.05) is 0 Å². The molecule has 0 aliphatic carbocycles. The Morgan fingerprint density at radius 3 is 2.58 bits per heavy atom. The van der Waals surface area contributed by atoms with E-state index >= 15 is 0 Å². The molecule has 0 spiro atoms. The number of imide groups is 1. The largest absolute Gasteiger partial charge is 0.460 e. The molecule has 0 radical (unpaired) electrons. The SMILES string of the molecule is O=C1CC[C@@H](C(=O)N2CCC(Oc3ncccn3)CC2)NC(=O)N1. The normalized spacial score (nSPS) is 22.3. The Morgan fingerprint density at radius 2 is 1.88 bits per heavy atom. The molecule has 3 heterocycles. The van der Waals surface area contributed by atoms with Crippen molar-refractivity contribution in [2.75, 3.05) is 13.1 Å². The first-order chi connectivity index (χ1) is 11.6. The van der Waals surface area contributed by atoms with Crippen LogP contribution in [0.2, 0.25) is 0 Å². The standard InChI is InChI=1S/C15H19N5O4/c21-12-3-2-11(18-14(23)19-12)13(22)20-8-4-10(5-9-20)24-15-16-6-1-7-17-15/h1,6-7,10-11H,2-5,8-9H2,(H2,18,19,21,23)/t11-/m0/s1. The minimum atomic E-state index is -0.661. The average Bonchev–Trinajstić information content (AvgIpc) is 2.76. The number of hydrogen-bond acceptors (Lipinski definition) is 6. The molecular formula is C15H19N5O4. The number of nitrogens with zero attached hydrogens (tertiary/aromatic N) is 3. The lowest BCUT2D eigenvalue weighted by atomic mass is 10.0. The van der Waals surface area contributed by atoms with Gasteiger partial charge in [-0.25, -0.2) is 14.8 Å². The summed E-state index contributed by atoms with van der Waals surface area (Å²) < 4.78 is 5.70. The predicted molar refractivity (Wildman–Crippen MR) is 82.0 cm³/mol. The van der Waals surface area contributed by atoms with E-state index < -0.39 is 12.1 Å². The lowest BCUT2D eigenvalue weighted by Gasteiger charge is -2.33. The monoisotopic (exact) mass is 333 g/mol. The van der Waals surface area contributed by atoms with Gasteiger partial charge in [-0.05, 0) is 12.5 Å². The van der Waals surface area contributed by atoms with Crippen molar-refractivity contribution in [3.05, 3.63) is 18.5 Å². The molecule has 24 heavy (non-hydrogen) atoms. The predicted octanol–water partition coefficient (Wildman–Crippen LogP) is -0.165. The zero-order chi connectivity index (χ0) is 16.9. The molecule has 128 valence electrons. The molecule has 2 fully saturated rings. The highest BCUT2D eigenvalue weighted by molar-refractivity contribution is 5.98. The Morgan fingerprint density at radius 1 is 1.17 bits per heavy atom. The number of urea groups is 1. The third-order valence-electron chi connectivity index (χ3n) is 4.08. The second-order valence-corrected chi connectivity index (χ2v) is 5.79. The van der Waals surface area contributed by atoms with E-state index in [2.05, 4.69) is 20.6 Å². The molecule has 1 aromatic heterocycles. The fourth-order valence-electron chi connectivity index (χ4n) is 2.83. The molecule has 1 atom stereocenters. The summed E-state index contributed by atoms with van der Waals surface area (Å²) in [5.74, 6) is -0.521. The van der Waals surface area contributed by atoms with Crippen LogP contribution in [0, 0.1) is 0 Å². The second-order valence-electron chi connectivity index (χ2n) is 5.79. The van der Waals surface area contributed by atoms with Gasteiger partial charge in [0.05, 0.1) is 0 Å². The van der Waals surface area contributed by atoms with Crippen LogP contribution in [0.25, 0.3) is 0 Å². The second kappa shape index (κ2) is 7.24. The number of nitrogens with one attached hydrogen (secondary N) is 2. The van der Waals surface area contributed by atoms with E-state index in [0.29, 0.717) is 38.4 Å². The Balaban J connectivity index is 1.51. The number of likely N-dealkylation sites (tertiary alicyclic amines) is 1. The zero-order valence-electron chi connectivity index (χ0n) is 13.1. The molecule has 2 saturated heterocycles. The van der Waals surface area contributed by atoms with Crippen molar-refractivity contribution in [1.29, 1.82) is 0 Å². The van der Waals surface area contributed by atoms with Gasteiger partial charge in [-0.2, -0.15) is 0 Å². The highest BCUT2D eigenvalue weighted by Crippen LogP contribution is 2.17. The first-order valence-electron chi connectivity index (χ1n) is 7.94. The highest BCUT2D eigenvalue weighted by atomic mass is 16.5. The molecule has 0 bridgehead atoms. The number of carbonyl (C=O) groups is 3. The topological polar surface area (TPSA) is 114 Å². The molecule has 4 amide bonds. The van der Waals surface area contributed by atoms with Gasteiger partial charge in [0.25, 0.3) is 0 Å². The summed E-state index contributed by atoms with van der Waals surface area (Å²) in [6.45, 7) is 1.06. The van der Waals surface area contributed by atoms with Gasteiger partial charge < -0.3 is 15.0 Å². The van der Waals surface area contributed by atoms with Gasteiger partial charge in [0, 0.05) is 44.7 Å². The maximum absolute atomic E-state index is 12.5. The lowest BCUT2D eigenvalue weighted by molar-refractivity contribution is -0.135. The molecular weight excluding hydrogens is 314 g/mol. The summed E-state index contributed by atoms with van der Waals surface area (Å²) in [4.78, 5) is 45.1. The van der Waals surface area contributed by atoms with Crippen LogP contribution in [0.15, 0.2) is 18.5 Å². The van der Waals surface area contributed by atoms with Crippen molar-refractivity contribution in [2.45, 2.75) is 37.8 Å². The molecule has 0 saturated carbocycles. The summed E-state index contributed by atoms with van der Waals surface area (Å²) in [7, 11) is 0. The van der Waals surface area contributed by atoms with Crippen LogP contribution in [0.1, 0.15) is 25.7 Å². The van der Waals surface area contributed by atoms with Crippen LogP contribution in [-0.4, -0.2) is 57.9 Å². The number of rotatable bonds is 3. The first-order valence-corrected chi connectivity index (χ1v) is 7.94. The summed E-state index contributed by atoms with van der Waals surface area (Å²) in [6, 6.07) is 0.777. The van der Waals surface area contributed by atoms with Crippen molar-refractivity contribution < 1.29 is 19.1 Å². The highest BCUT2D eigenvalue weighted by Gasteiger charge is 2.32. The molecule has 2 aliphatic rings. The van der Waals surface area contributed by atoms with Gasteiger partial charge in [0.2, 0.25) is 11.8 Å². The summed E-state index contributed by atoms with van der Waals surface area (Å²) >= 11 is 0. The summed E-state index contributed by atoms with van der Waals surface area (Å²) in [6.07, 6.45) is 4.99. The van der Waals surface area contributed by atoms with Crippen molar-refractivity contribution in [1.82, 2.24) is 25.5 Å². The Hall–Kier alpha value is -2.71. The molecule has 2 aliphatic heterocycles. The van der Waals surface area contributed by atoms with Crippen LogP contribution >= 0.6 is 0 Å². The minimum absolute atomic E-state index is 0.0385. The maximum Gasteiger partial charge on any atom is 0.322 e. The van der Waals surface area contributed by atoms with Crippen molar-refractivity contribution >= 4 is 17.8 Å². The molecule has 3 rings (SSSR count). The first kappa shape index (κ1) is 16.2. The number of aromatic nitrogens is 2. The van der Waals surface area contributed by atoms with Crippen LogP contribution < -0.4 is 15.4 Å². The van der Waals surface area contributed by atoms with E-state index in [1.54, 1.807) is 23.4 Å². The average molecular weight is 333 g/mol. The third kappa shape index (κ3) is 3.98. The molecule has 9 nitrogen and oxygen atoms in total. The lowest BCUT2D eigenvalue weighted by Crippen LogP contribution is -2.52. The van der Waals surface area contributed by atoms with E-state index in [-0.39, 0.29) is 24.3 Å². The molecule has 0 aromatic carbocycles. The number of hydrogen-bond donors (Lipinski definition) is 2. The van der Waals surface area contributed by atoms with E-state index in [9.17, 15) is 14.4 Å². The van der Waals surface area contributed by atoms with Crippen LogP contribution in [-0.2, 0) is 9.59 Å². The summed E-state index contributed by atoms with van der Waals surface area (Å²) in [5.41, 5.74) is 0. The zero-order valence-corrected chi connectivity index (χ0v) is 13.1. The molecule has 2 N–H and O–H groups in total. The number of ether oxygens (including phenoxy) is 1. The summed E-state index contributed by atoms with van der Waals surface area (Å²) in [5, 5.41) is 4.71. The minimum Gasteiger partial charge on any atom is -0.460 e. The van der Waals surface area contributed by atoms with Gasteiger partial charge in [-0.3, -0.25) is 14.9 Å². The quantitative estimate of drug-likeness (QED) is 0.794. The van der Waals surface area contributed by atoms with Gasteiger partial charge in [0.15, 0.2) is 0 Å². The maximum atomic E-state index is 12.5. The van der Waals surface area contributed by atoms with Crippen LogP contribution in [0.4, 0.5) is 4.79 Å². The Kier molecular flexibility index (Phi) is 4.88. The smallest absolute Gasteiger partial charge is 0.322 e. The number of amides is 4. The third-order valence-corrected chi connectivity index (χ3v) is 4.08. The number of carbonyl (C=O) groups excluding carboxylic acids is 3. The van der Waals surface area contributed by atoms with Crippen LogP contribution in [0.5, 0.6) is 6.01 Å². The Labute approximate surface area is 138 Å². The van der Waals surface area contributed by atoms with E-state index in [0.717, 1.165) is 0 Å². The van der Waals surface area contributed by atoms with E-state index in [4.69, 9.17) is 4.74 Å². The molecule has 9 heteroatoms. The van der Waals surface area contributed by atoms with E-state index in [1.165, 1.54) is 0 Å². The molecule has 0 unspecified atom stereocenters. The Bertz CT molecular complexity index is 616. The molecule has 1 aromatic rings. The van der Waals surface area contributed by atoms with Crippen molar-refractivity contribution in [3.63, 3.8) is 0 Å².